The molecule has 0 heterocycles. The number of carbonyl (C=O) groups excluding carboxylic acids is 1. The van der Waals surface area contributed by atoms with E-state index in [-0.39, 0.29) is 16.8 Å². The van der Waals surface area contributed by atoms with Gasteiger partial charge >= 0.3 is 5.97 Å². The van der Waals surface area contributed by atoms with Gasteiger partial charge in [-0.25, -0.2) is 0 Å². The van der Waals surface area contributed by atoms with Crippen LogP contribution in [0.15, 0.2) is 23.8 Å². The molecule has 0 aromatic heterocycles. The highest BCUT2D eigenvalue weighted by molar-refractivity contribution is 5.78. The first kappa shape index (κ1) is 23.7. The molecule has 0 aromatic carbocycles. The minimum Gasteiger partial charge on any atom is -0.469 e. The minimum absolute atomic E-state index is 0.0660. The highest BCUT2D eigenvalue weighted by Gasteiger charge is 2.68. The van der Waals surface area contributed by atoms with Crippen molar-refractivity contribution < 1.29 is 9.53 Å². The summed E-state index contributed by atoms with van der Waals surface area (Å²) in [5.74, 6) is 3.09. The number of fused-ring (bicyclic) bond motifs is 7. The number of allylic oxidation sites excluding steroid dienone is 4. The molecule has 0 aromatic rings. The van der Waals surface area contributed by atoms with Crippen LogP contribution < -0.4 is 0 Å². The van der Waals surface area contributed by atoms with Gasteiger partial charge in [-0.3, -0.25) is 4.79 Å². The van der Waals surface area contributed by atoms with Gasteiger partial charge in [0.15, 0.2) is 0 Å². The summed E-state index contributed by atoms with van der Waals surface area (Å²) in [4.78, 5) is 13.4. The lowest BCUT2D eigenvalue weighted by Crippen LogP contribution is -2.64. The monoisotopic (exact) mass is 452 g/mol. The summed E-state index contributed by atoms with van der Waals surface area (Å²) in [5.41, 5.74) is 2.48. The van der Waals surface area contributed by atoms with Gasteiger partial charge in [0.25, 0.3) is 0 Å². The molecule has 3 saturated carbocycles. The second-order valence-corrected chi connectivity index (χ2v) is 14.2. The summed E-state index contributed by atoms with van der Waals surface area (Å²) in [6.45, 7) is 17.7. The van der Waals surface area contributed by atoms with Crippen LogP contribution in [-0.2, 0) is 9.53 Å². The van der Waals surface area contributed by atoms with Crippen LogP contribution in [0.25, 0.3) is 0 Å². The molecule has 5 rings (SSSR count). The molecule has 0 amide bonds. The van der Waals surface area contributed by atoms with Crippen molar-refractivity contribution in [2.75, 3.05) is 7.11 Å². The fraction of sp³-hybridized carbons (Fsp3) is 0.839. The predicted octanol–water partition coefficient (Wildman–Crippen LogP) is 7.98. The van der Waals surface area contributed by atoms with Crippen LogP contribution in [0.1, 0.15) is 99.8 Å². The molecule has 0 spiro atoms. The van der Waals surface area contributed by atoms with Gasteiger partial charge in [0.2, 0.25) is 0 Å². The topological polar surface area (TPSA) is 26.3 Å². The number of ether oxygens (including phenoxy) is 1. The molecule has 0 N–H and O–H groups in total. The van der Waals surface area contributed by atoms with Crippen LogP contribution in [0, 0.1) is 56.7 Å². The van der Waals surface area contributed by atoms with Crippen LogP contribution in [0.5, 0.6) is 0 Å². The zero-order valence-corrected chi connectivity index (χ0v) is 22.6. The molecule has 9 atom stereocenters. The van der Waals surface area contributed by atoms with E-state index in [4.69, 9.17) is 4.74 Å². The van der Waals surface area contributed by atoms with E-state index in [1.54, 1.807) is 12.7 Å². The molecule has 33 heavy (non-hydrogen) atoms. The molecule has 5 aliphatic carbocycles. The van der Waals surface area contributed by atoms with Crippen molar-refractivity contribution in [3.05, 3.63) is 23.8 Å². The summed E-state index contributed by atoms with van der Waals surface area (Å²) in [6.07, 6.45) is 17.0. The Morgan fingerprint density at radius 1 is 0.970 bits per heavy atom. The van der Waals surface area contributed by atoms with Crippen molar-refractivity contribution in [3.63, 3.8) is 0 Å². The molecule has 3 fully saturated rings. The van der Waals surface area contributed by atoms with E-state index in [0.717, 1.165) is 31.6 Å². The molecule has 2 nitrogen and oxygen atoms in total. The second-order valence-electron chi connectivity index (χ2n) is 14.2. The van der Waals surface area contributed by atoms with Crippen LogP contribution in [0.4, 0.5) is 0 Å². The van der Waals surface area contributed by atoms with E-state index in [9.17, 15) is 4.79 Å². The zero-order chi connectivity index (χ0) is 24.0. The number of methoxy groups -OCH3 is 1. The number of hydrogen-bond acceptors (Lipinski definition) is 2. The lowest BCUT2D eigenvalue weighted by molar-refractivity contribution is -0.182. The first-order chi connectivity index (χ1) is 15.4. The van der Waals surface area contributed by atoms with Crippen LogP contribution in [-0.4, -0.2) is 13.1 Å². The lowest BCUT2D eigenvalue weighted by atomic mass is 9.34. The van der Waals surface area contributed by atoms with Gasteiger partial charge in [0, 0.05) is 0 Å². The summed E-state index contributed by atoms with van der Waals surface area (Å²) in [6, 6.07) is 0. The van der Waals surface area contributed by atoms with Crippen LogP contribution in [0.3, 0.4) is 0 Å². The molecular formula is C31H48O2. The number of carbonyl (C=O) groups is 1. The highest BCUT2D eigenvalue weighted by Crippen LogP contribution is 2.75. The highest BCUT2D eigenvalue weighted by atomic mass is 16.5. The maximum atomic E-state index is 13.4. The van der Waals surface area contributed by atoms with Gasteiger partial charge in [0.05, 0.1) is 12.5 Å². The van der Waals surface area contributed by atoms with Gasteiger partial charge in [-0.1, -0.05) is 72.3 Å². The van der Waals surface area contributed by atoms with Crippen molar-refractivity contribution in [2.24, 2.45) is 56.7 Å². The fourth-order valence-corrected chi connectivity index (χ4v) is 10.7. The molecule has 5 aliphatic rings. The normalized spacial score (nSPS) is 52.5. The number of rotatable bonds is 1. The van der Waals surface area contributed by atoms with Crippen molar-refractivity contribution in [1.29, 1.82) is 0 Å². The summed E-state index contributed by atoms with van der Waals surface area (Å²) in [7, 11) is 1.61. The van der Waals surface area contributed by atoms with E-state index >= 15 is 0 Å². The molecule has 2 heteroatoms. The Labute approximate surface area is 203 Å². The Morgan fingerprint density at radius 3 is 2.39 bits per heavy atom. The molecule has 0 radical (unpaired) electrons. The van der Waals surface area contributed by atoms with Crippen LogP contribution in [0.2, 0.25) is 0 Å². The average Bonchev–Trinajstić information content (AvgIpc) is 2.75. The van der Waals surface area contributed by atoms with Crippen molar-refractivity contribution >= 4 is 5.97 Å². The van der Waals surface area contributed by atoms with Gasteiger partial charge in [-0.05, 0) is 103 Å². The van der Waals surface area contributed by atoms with Crippen molar-refractivity contribution in [3.8, 4) is 0 Å². The Bertz CT molecular complexity index is 897. The van der Waals surface area contributed by atoms with Gasteiger partial charge in [-0.15, -0.1) is 0 Å². The van der Waals surface area contributed by atoms with Crippen molar-refractivity contribution in [2.45, 2.75) is 99.8 Å². The molecule has 0 aliphatic heterocycles. The zero-order valence-electron chi connectivity index (χ0n) is 22.6. The van der Waals surface area contributed by atoms with Crippen molar-refractivity contribution in [1.82, 2.24) is 0 Å². The van der Waals surface area contributed by atoms with Gasteiger partial charge in [0.1, 0.15) is 0 Å². The number of hydrogen-bond donors (Lipinski definition) is 0. The fourth-order valence-electron chi connectivity index (χ4n) is 10.7. The molecule has 0 saturated heterocycles. The third kappa shape index (κ3) is 2.82. The largest absolute Gasteiger partial charge is 0.469 e. The maximum absolute atomic E-state index is 13.4. The summed E-state index contributed by atoms with van der Waals surface area (Å²) < 4.78 is 5.51. The second kappa shape index (κ2) is 7.23. The Kier molecular flexibility index (Phi) is 5.19. The van der Waals surface area contributed by atoms with E-state index in [2.05, 4.69) is 66.7 Å². The minimum atomic E-state index is -0.300. The standard InChI is InChI=1S/C31H48O2/c1-20-12-17-31(26(32)33-8)19-18-29(6)22(25(31)21(20)2)10-11-24-28(5)15-9-14-27(3,4)23(28)13-16-30(24,29)7/h9-10,14,20-21,23-25H,11-13,15-19H2,1-8H3. The average molecular weight is 453 g/mol. The van der Waals surface area contributed by atoms with Crippen LogP contribution >= 0.6 is 0 Å². The van der Waals surface area contributed by atoms with E-state index in [0.29, 0.717) is 39.9 Å². The summed E-state index contributed by atoms with van der Waals surface area (Å²) in [5, 5.41) is 0. The Hall–Kier alpha value is -1.05. The molecule has 9 unspecified atom stereocenters. The quantitative estimate of drug-likeness (QED) is 0.298. The van der Waals surface area contributed by atoms with E-state index in [1.165, 1.54) is 25.7 Å². The molecule has 184 valence electrons. The molecular weight excluding hydrogens is 404 g/mol. The maximum Gasteiger partial charge on any atom is 0.312 e. The molecule has 0 bridgehead atoms. The van der Waals surface area contributed by atoms with E-state index in [1.807, 2.05) is 0 Å². The van der Waals surface area contributed by atoms with E-state index < -0.39 is 0 Å². The van der Waals surface area contributed by atoms with Gasteiger partial charge in [-0.2, -0.15) is 0 Å². The first-order valence-corrected chi connectivity index (χ1v) is 13.8. The smallest absolute Gasteiger partial charge is 0.312 e. The predicted molar refractivity (Wildman–Crippen MR) is 136 cm³/mol. The SMILES string of the molecule is COC(=O)C12CCC(C)C(C)C1C1=CCC3C4(C)CC=CC(C)(C)C4CCC3(C)C1(C)CC2. The number of esters is 1. The Balaban J connectivity index is 1.63. The summed E-state index contributed by atoms with van der Waals surface area (Å²) >= 11 is 0. The third-order valence-corrected chi connectivity index (χ3v) is 12.9. The first-order valence-electron chi connectivity index (χ1n) is 13.8. The lowest BCUT2D eigenvalue weighted by Gasteiger charge is -2.70. The Morgan fingerprint density at radius 2 is 1.70 bits per heavy atom. The third-order valence-electron chi connectivity index (χ3n) is 12.9. The van der Waals surface area contributed by atoms with Gasteiger partial charge < -0.3 is 4.74 Å².